The van der Waals surface area contributed by atoms with Gasteiger partial charge in [0.1, 0.15) is 10.6 Å². The summed E-state index contributed by atoms with van der Waals surface area (Å²) in [6.07, 6.45) is 0. The quantitative estimate of drug-likeness (QED) is 0.861. The lowest BCUT2D eigenvalue weighted by atomic mass is 10.2. The van der Waals surface area contributed by atoms with Gasteiger partial charge in [0, 0.05) is 24.0 Å². The van der Waals surface area contributed by atoms with Gasteiger partial charge in [-0.2, -0.15) is 4.98 Å². The van der Waals surface area contributed by atoms with Crippen LogP contribution in [-0.4, -0.2) is 36.3 Å². The van der Waals surface area contributed by atoms with Gasteiger partial charge < -0.3 is 15.4 Å². The highest BCUT2D eigenvalue weighted by Gasteiger charge is 2.19. The molecule has 3 rings (SSSR count). The summed E-state index contributed by atoms with van der Waals surface area (Å²) in [5.41, 5.74) is 5.94. The van der Waals surface area contributed by atoms with Gasteiger partial charge in [-0.1, -0.05) is 0 Å². The zero-order valence-electron chi connectivity index (χ0n) is 10.6. The van der Waals surface area contributed by atoms with E-state index in [-0.39, 0.29) is 11.3 Å². The Morgan fingerprint density at radius 3 is 2.84 bits per heavy atom. The van der Waals surface area contributed by atoms with Gasteiger partial charge in [-0.25, -0.2) is 4.98 Å². The Balaban J connectivity index is 2.10. The number of nitrogens with zero attached hydrogens (tertiary/aromatic N) is 3. The van der Waals surface area contributed by atoms with E-state index < -0.39 is 0 Å². The first-order valence-corrected chi connectivity index (χ1v) is 7.40. The van der Waals surface area contributed by atoms with E-state index >= 15 is 0 Å². The summed E-state index contributed by atoms with van der Waals surface area (Å²) < 4.78 is 5.37. The van der Waals surface area contributed by atoms with Crippen molar-refractivity contribution < 1.29 is 4.74 Å². The van der Waals surface area contributed by atoms with E-state index in [9.17, 15) is 0 Å². The number of morpholine rings is 1. The summed E-state index contributed by atoms with van der Waals surface area (Å²) in [6, 6.07) is 2.07. The van der Waals surface area contributed by atoms with Gasteiger partial charge in [0.25, 0.3) is 0 Å². The summed E-state index contributed by atoms with van der Waals surface area (Å²) in [5, 5.41) is 1.32. The minimum Gasteiger partial charge on any atom is -0.378 e. The van der Waals surface area contributed by atoms with Gasteiger partial charge in [-0.15, -0.1) is 11.3 Å². The minimum atomic E-state index is -0.00415. The number of ether oxygens (including phenoxy) is 1. The summed E-state index contributed by atoms with van der Waals surface area (Å²) in [4.78, 5) is 12.9. The average Bonchev–Trinajstić information content (AvgIpc) is 2.82. The standard InChI is InChI=1S/C12H15ClN4OS/c1-7(14)9-6-8-10(17-2-4-18-5-3-17)15-12(13)16-11(8)19-9/h6-7H,2-5,14H2,1H3. The van der Waals surface area contributed by atoms with Gasteiger partial charge >= 0.3 is 0 Å². The molecule has 0 amide bonds. The van der Waals surface area contributed by atoms with Crippen LogP contribution in [0.15, 0.2) is 6.07 Å². The first-order valence-electron chi connectivity index (χ1n) is 6.20. The fourth-order valence-corrected chi connectivity index (χ4v) is 3.33. The highest BCUT2D eigenvalue weighted by molar-refractivity contribution is 7.18. The van der Waals surface area contributed by atoms with Crippen LogP contribution < -0.4 is 10.6 Å². The molecule has 2 aromatic rings. The van der Waals surface area contributed by atoms with Gasteiger partial charge in [0.05, 0.1) is 18.6 Å². The molecule has 5 nitrogen and oxygen atoms in total. The number of aromatic nitrogens is 2. The molecule has 0 radical (unpaired) electrons. The SMILES string of the molecule is CC(N)c1cc2c(N3CCOCC3)nc(Cl)nc2s1. The van der Waals surface area contributed by atoms with Crippen molar-refractivity contribution in [3.8, 4) is 0 Å². The van der Waals surface area contributed by atoms with Crippen LogP contribution in [0.5, 0.6) is 0 Å². The monoisotopic (exact) mass is 298 g/mol. The molecule has 19 heavy (non-hydrogen) atoms. The Morgan fingerprint density at radius 2 is 2.16 bits per heavy atom. The van der Waals surface area contributed by atoms with Crippen molar-refractivity contribution in [1.29, 1.82) is 0 Å². The molecular weight excluding hydrogens is 284 g/mol. The molecule has 102 valence electrons. The summed E-state index contributed by atoms with van der Waals surface area (Å²) in [5.74, 6) is 0.890. The van der Waals surface area contributed by atoms with E-state index in [0.717, 1.165) is 34.0 Å². The Morgan fingerprint density at radius 1 is 1.42 bits per heavy atom. The highest BCUT2D eigenvalue weighted by Crippen LogP contribution is 2.34. The van der Waals surface area contributed by atoms with Gasteiger partial charge in [-0.3, -0.25) is 0 Å². The Kier molecular flexibility index (Phi) is 3.58. The predicted octanol–water partition coefficient (Wildman–Crippen LogP) is 2.20. The number of halogens is 1. The first-order chi connectivity index (χ1) is 9.15. The van der Waals surface area contributed by atoms with Crippen molar-refractivity contribution in [2.24, 2.45) is 5.73 Å². The molecule has 1 unspecified atom stereocenters. The lowest BCUT2D eigenvalue weighted by Crippen LogP contribution is -2.36. The van der Waals surface area contributed by atoms with E-state index in [4.69, 9.17) is 22.1 Å². The van der Waals surface area contributed by atoms with Crippen LogP contribution in [0.4, 0.5) is 5.82 Å². The average molecular weight is 299 g/mol. The minimum absolute atomic E-state index is 0.00415. The molecule has 0 aromatic carbocycles. The molecule has 2 aromatic heterocycles. The maximum Gasteiger partial charge on any atom is 0.225 e. The summed E-state index contributed by atoms with van der Waals surface area (Å²) >= 11 is 7.61. The topological polar surface area (TPSA) is 64.3 Å². The van der Waals surface area contributed by atoms with Gasteiger partial charge in [-0.05, 0) is 24.6 Å². The molecule has 1 aliphatic heterocycles. The largest absolute Gasteiger partial charge is 0.378 e. The zero-order chi connectivity index (χ0) is 13.4. The third-order valence-electron chi connectivity index (χ3n) is 3.12. The summed E-state index contributed by atoms with van der Waals surface area (Å²) in [6.45, 7) is 5.05. The Labute approximate surface area is 120 Å². The normalized spacial score (nSPS) is 17.9. The molecule has 0 bridgehead atoms. The third kappa shape index (κ3) is 2.53. The van der Waals surface area contributed by atoms with Crippen LogP contribution in [0.25, 0.3) is 10.2 Å². The Bertz CT molecular complexity index is 595. The van der Waals surface area contributed by atoms with Gasteiger partial charge in [0.15, 0.2) is 0 Å². The molecule has 1 saturated heterocycles. The molecule has 1 fully saturated rings. The van der Waals surface area contributed by atoms with E-state index in [2.05, 4.69) is 20.9 Å². The number of hydrogen-bond donors (Lipinski definition) is 1. The molecule has 0 spiro atoms. The zero-order valence-corrected chi connectivity index (χ0v) is 12.2. The van der Waals surface area contributed by atoms with Crippen LogP contribution in [0.3, 0.4) is 0 Å². The number of nitrogens with two attached hydrogens (primary N) is 1. The number of hydrogen-bond acceptors (Lipinski definition) is 6. The molecule has 1 atom stereocenters. The number of rotatable bonds is 2. The first kappa shape index (κ1) is 13.1. The van der Waals surface area contributed by atoms with Crippen LogP contribution in [-0.2, 0) is 4.74 Å². The maximum atomic E-state index is 6.03. The van der Waals surface area contributed by atoms with E-state index in [1.807, 2.05) is 6.92 Å². The second kappa shape index (κ2) is 5.20. The predicted molar refractivity (Wildman–Crippen MR) is 78.1 cm³/mol. The molecular formula is C12H15ClN4OS. The molecule has 7 heteroatoms. The lowest BCUT2D eigenvalue weighted by molar-refractivity contribution is 0.122. The fourth-order valence-electron chi connectivity index (χ4n) is 2.14. The number of thiophene rings is 1. The van der Waals surface area contributed by atoms with E-state index in [1.54, 1.807) is 11.3 Å². The van der Waals surface area contributed by atoms with Crippen LogP contribution in [0.2, 0.25) is 5.28 Å². The molecule has 2 N–H and O–H groups in total. The van der Waals surface area contributed by atoms with Crippen LogP contribution in [0, 0.1) is 0 Å². The lowest BCUT2D eigenvalue weighted by Gasteiger charge is -2.28. The van der Waals surface area contributed by atoms with Crippen molar-refractivity contribution in [1.82, 2.24) is 9.97 Å². The van der Waals surface area contributed by atoms with Crippen LogP contribution in [0.1, 0.15) is 17.8 Å². The molecule has 1 aliphatic rings. The third-order valence-corrected chi connectivity index (χ3v) is 4.52. The fraction of sp³-hybridized carbons (Fsp3) is 0.500. The number of anilines is 1. The molecule has 3 heterocycles. The van der Waals surface area contributed by atoms with Crippen molar-refractivity contribution in [3.05, 3.63) is 16.2 Å². The van der Waals surface area contributed by atoms with Gasteiger partial charge in [0.2, 0.25) is 5.28 Å². The van der Waals surface area contributed by atoms with E-state index in [1.165, 1.54) is 0 Å². The van der Waals surface area contributed by atoms with Crippen molar-refractivity contribution in [2.75, 3.05) is 31.2 Å². The van der Waals surface area contributed by atoms with Crippen molar-refractivity contribution in [2.45, 2.75) is 13.0 Å². The molecule has 0 aliphatic carbocycles. The smallest absolute Gasteiger partial charge is 0.225 e. The van der Waals surface area contributed by atoms with E-state index in [0.29, 0.717) is 13.2 Å². The second-order valence-electron chi connectivity index (χ2n) is 4.57. The Hall–Kier alpha value is -0.950. The maximum absolute atomic E-state index is 6.03. The molecule has 0 saturated carbocycles. The van der Waals surface area contributed by atoms with Crippen molar-refractivity contribution >= 4 is 39.0 Å². The summed E-state index contributed by atoms with van der Waals surface area (Å²) in [7, 11) is 0. The number of fused-ring (bicyclic) bond motifs is 1. The highest BCUT2D eigenvalue weighted by atomic mass is 35.5. The second-order valence-corrected chi connectivity index (χ2v) is 5.97. The van der Waals surface area contributed by atoms with Crippen LogP contribution >= 0.6 is 22.9 Å². The van der Waals surface area contributed by atoms with Crippen molar-refractivity contribution in [3.63, 3.8) is 0 Å².